The van der Waals surface area contributed by atoms with Crippen molar-refractivity contribution in [3.63, 3.8) is 0 Å². The topological polar surface area (TPSA) is 17.8 Å². The molecule has 0 saturated carbocycles. The first-order valence-corrected chi connectivity index (χ1v) is 5.89. The molecule has 1 rings (SSSR count). The third-order valence-corrected chi connectivity index (χ3v) is 2.58. The molecular formula is C12H23IN2. The molecule has 0 atom stereocenters. The molecule has 88 valence electrons. The van der Waals surface area contributed by atoms with Crippen LogP contribution in [0.4, 0.5) is 0 Å². The SMILES string of the molecule is CCCCCCCCCn1ccnc1.I. The molecule has 0 bridgehead atoms. The molecule has 3 heteroatoms. The van der Waals surface area contributed by atoms with E-state index in [0.717, 1.165) is 6.54 Å². The van der Waals surface area contributed by atoms with E-state index in [0.29, 0.717) is 0 Å². The van der Waals surface area contributed by atoms with Gasteiger partial charge in [-0.05, 0) is 6.42 Å². The van der Waals surface area contributed by atoms with Crippen LogP contribution in [0.15, 0.2) is 18.7 Å². The Balaban J connectivity index is 0.00000196. The molecule has 0 spiro atoms. The minimum Gasteiger partial charge on any atom is -0.337 e. The Labute approximate surface area is 110 Å². The zero-order valence-electron chi connectivity index (χ0n) is 9.69. The van der Waals surface area contributed by atoms with Crippen molar-refractivity contribution in [2.45, 2.75) is 58.4 Å². The van der Waals surface area contributed by atoms with Crippen LogP contribution in [0.5, 0.6) is 0 Å². The largest absolute Gasteiger partial charge is 0.337 e. The van der Waals surface area contributed by atoms with Crippen molar-refractivity contribution in [3.8, 4) is 0 Å². The number of halogens is 1. The molecule has 0 aliphatic carbocycles. The van der Waals surface area contributed by atoms with Gasteiger partial charge in [0.1, 0.15) is 0 Å². The summed E-state index contributed by atoms with van der Waals surface area (Å²) in [7, 11) is 0. The smallest absolute Gasteiger partial charge is 0.0945 e. The Morgan fingerprint density at radius 3 is 2.27 bits per heavy atom. The summed E-state index contributed by atoms with van der Waals surface area (Å²) in [4.78, 5) is 4.02. The molecule has 15 heavy (non-hydrogen) atoms. The molecule has 0 aliphatic rings. The number of hydrogen-bond donors (Lipinski definition) is 0. The van der Waals surface area contributed by atoms with Crippen molar-refractivity contribution < 1.29 is 0 Å². The lowest BCUT2D eigenvalue weighted by Crippen LogP contribution is -1.93. The van der Waals surface area contributed by atoms with Gasteiger partial charge in [-0.15, -0.1) is 24.0 Å². The lowest BCUT2D eigenvalue weighted by molar-refractivity contribution is 0.550. The lowest BCUT2D eigenvalue weighted by Gasteiger charge is -2.02. The molecule has 0 saturated heterocycles. The second kappa shape index (κ2) is 10.5. The minimum atomic E-state index is 0. The number of aryl methyl sites for hydroxylation is 1. The molecule has 1 aromatic heterocycles. The molecule has 1 heterocycles. The highest BCUT2D eigenvalue weighted by Gasteiger charge is 1.91. The normalized spacial score (nSPS) is 9.93. The number of aromatic nitrogens is 2. The van der Waals surface area contributed by atoms with E-state index in [1.807, 2.05) is 18.7 Å². The second-order valence-corrected chi connectivity index (χ2v) is 3.92. The summed E-state index contributed by atoms with van der Waals surface area (Å²) in [5, 5.41) is 0. The Morgan fingerprint density at radius 1 is 1.00 bits per heavy atom. The third kappa shape index (κ3) is 7.82. The average Bonchev–Trinajstić information content (AvgIpc) is 2.69. The molecule has 2 nitrogen and oxygen atoms in total. The highest BCUT2D eigenvalue weighted by Crippen LogP contribution is 2.07. The van der Waals surface area contributed by atoms with Crippen molar-refractivity contribution in [3.05, 3.63) is 18.7 Å². The molecule has 1 aromatic rings. The van der Waals surface area contributed by atoms with Crippen LogP contribution < -0.4 is 0 Å². The number of rotatable bonds is 8. The number of hydrogen-bond acceptors (Lipinski definition) is 1. The van der Waals surface area contributed by atoms with Crippen LogP contribution in [0.25, 0.3) is 0 Å². The van der Waals surface area contributed by atoms with Crippen molar-refractivity contribution >= 4 is 24.0 Å². The first kappa shape index (κ1) is 14.9. The van der Waals surface area contributed by atoms with Crippen LogP contribution >= 0.6 is 24.0 Å². The van der Waals surface area contributed by atoms with E-state index in [2.05, 4.69) is 16.5 Å². The summed E-state index contributed by atoms with van der Waals surface area (Å²) in [6, 6.07) is 0. The molecule has 0 N–H and O–H groups in total. The summed E-state index contributed by atoms with van der Waals surface area (Å²) in [6.07, 6.45) is 15.4. The van der Waals surface area contributed by atoms with Crippen LogP contribution in [0.2, 0.25) is 0 Å². The lowest BCUT2D eigenvalue weighted by atomic mass is 10.1. The van der Waals surface area contributed by atoms with Crippen molar-refractivity contribution in [2.24, 2.45) is 0 Å². The molecule has 0 radical (unpaired) electrons. The Kier molecular flexibility index (Phi) is 10.4. The van der Waals surface area contributed by atoms with E-state index in [1.54, 1.807) is 0 Å². The Hall–Kier alpha value is -0.0600. The van der Waals surface area contributed by atoms with Gasteiger partial charge in [0.25, 0.3) is 0 Å². The van der Waals surface area contributed by atoms with Gasteiger partial charge in [0, 0.05) is 18.9 Å². The van der Waals surface area contributed by atoms with Gasteiger partial charge in [-0.1, -0.05) is 45.4 Å². The van der Waals surface area contributed by atoms with Crippen molar-refractivity contribution in [2.75, 3.05) is 0 Å². The summed E-state index contributed by atoms with van der Waals surface area (Å²) >= 11 is 0. The quantitative estimate of drug-likeness (QED) is 0.517. The third-order valence-electron chi connectivity index (χ3n) is 2.58. The van der Waals surface area contributed by atoms with E-state index >= 15 is 0 Å². The van der Waals surface area contributed by atoms with E-state index in [4.69, 9.17) is 0 Å². The van der Waals surface area contributed by atoms with Crippen LogP contribution in [0.3, 0.4) is 0 Å². The van der Waals surface area contributed by atoms with Crippen LogP contribution in [0, 0.1) is 0 Å². The summed E-state index contributed by atoms with van der Waals surface area (Å²) < 4.78 is 2.16. The van der Waals surface area contributed by atoms with Gasteiger partial charge in [-0.3, -0.25) is 0 Å². The van der Waals surface area contributed by atoms with Crippen molar-refractivity contribution in [1.29, 1.82) is 0 Å². The summed E-state index contributed by atoms with van der Waals surface area (Å²) in [5.41, 5.74) is 0. The highest BCUT2D eigenvalue weighted by molar-refractivity contribution is 14.0. The minimum absolute atomic E-state index is 0. The standard InChI is InChI=1S/C12H22N2.HI/c1-2-3-4-5-6-7-8-10-14-11-9-13-12-14;/h9,11-12H,2-8,10H2,1H3;1H. The first-order valence-electron chi connectivity index (χ1n) is 5.89. The molecular weight excluding hydrogens is 299 g/mol. The zero-order valence-corrected chi connectivity index (χ0v) is 12.0. The molecule has 0 fully saturated rings. The number of unbranched alkanes of at least 4 members (excludes halogenated alkanes) is 6. The van der Waals surface area contributed by atoms with E-state index in [1.165, 1.54) is 44.9 Å². The first-order chi connectivity index (χ1) is 6.93. The zero-order chi connectivity index (χ0) is 10.1. The van der Waals surface area contributed by atoms with Gasteiger partial charge in [-0.25, -0.2) is 4.98 Å². The van der Waals surface area contributed by atoms with Gasteiger partial charge in [0.15, 0.2) is 0 Å². The molecule has 0 amide bonds. The Morgan fingerprint density at radius 2 is 1.67 bits per heavy atom. The van der Waals surface area contributed by atoms with Gasteiger partial charge in [-0.2, -0.15) is 0 Å². The highest BCUT2D eigenvalue weighted by atomic mass is 127. The fraction of sp³-hybridized carbons (Fsp3) is 0.750. The van der Waals surface area contributed by atoms with Crippen LogP contribution in [0.1, 0.15) is 51.9 Å². The molecule has 0 aliphatic heterocycles. The Bertz CT molecular complexity index is 209. The number of nitrogens with zero attached hydrogens (tertiary/aromatic N) is 2. The van der Waals surface area contributed by atoms with E-state index in [-0.39, 0.29) is 24.0 Å². The van der Waals surface area contributed by atoms with E-state index in [9.17, 15) is 0 Å². The van der Waals surface area contributed by atoms with Gasteiger partial charge >= 0.3 is 0 Å². The average molecular weight is 322 g/mol. The second-order valence-electron chi connectivity index (χ2n) is 3.92. The molecule has 0 unspecified atom stereocenters. The maximum absolute atomic E-state index is 4.02. The van der Waals surface area contributed by atoms with Crippen molar-refractivity contribution in [1.82, 2.24) is 9.55 Å². The van der Waals surface area contributed by atoms with Gasteiger partial charge < -0.3 is 4.57 Å². The number of imidazole rings is 1. The maximum atomic E-state index is 4.02. The molecule has 0 aromatic carbocycles. The predicted octanol–water partition coefficient (Wildman–Crippen LogP) is 4.25. The summed E-state index contributed by atoms with van der Waals surface area (Å²) in [5.74, 6) is 0. The van der Waals surface area contributed by atoms with E-state index < -0.39 is 0 Å². The summed E-state index contributed by atoms with van der Waals surface area (Å²) in [6.45, 7) is 3.40. The maximum Gasteiger partial charge on any atom is 0.0945 e. The van der Waals surface area contributed by atoms with Crippen LogP contribution in [-0.2, 0) is 6.54 Å². The fourth-order valence-corrected chi connectivity index (χ4v) is 1.67. The van der Waals surface area contributed by atoms with Gasteiger partial charge in [0.2, 0.25) is 0 Å². The predicted molar refractivity (Wildman–Crippen MR) is 75.6 cm³/mol. The van der Waals surface area contributed by atoms with Gasteiger partial charge in [0.05, 0.1) is 6.33 Å². The fourth-order valence-electron chi connectivity index (χ4n) is 1.67. The van der Waals surface area contributed by atoms with Crippen LogP contribution in [-0.4, -0.2) is 9.55 Å². The monoisotopic (exact) mass is 322 g/mol.